The van der Waals surface area contributed by atoms with Crippen molar-refractivity contribution in [1.29, 1.82) is 0 Å². The van der Waals surface area contributed by atoms with Crippen LogP contribution in [0, 0.1) is 5.41 Å². The maximum Gasteiger partial charge on any atom is 0.196 e. The van der Waals surface area contributed by atoms with E-state index >= 15 is 0 Å². The molecule has 1 N–H and O–H groups in total. The van der Waals surface area contributed by atoms with E-state index < -0.39 is 9.84 Å². The number of rotatable bonds is 3. The van der Waals surface area contributed by atoms with Gasteiger partial charge in [0.25, 0.3) is 0 Å². The van der Waals surface area contributed by atoms with Gasteiger partial charge in [-0.3, -0.25) is 0 Å². The summed E-state index contributed by atoms with van der Waals surface area (Å²) in [7, 11) is -3.27. The van der Waals surface area contributed by atoms with Crippen LogP contribution in [0.2, 0.25) is 0 Å². The van der Waals surface area contributed by atoms with Gasteiger partial charge in [0.15, 0.2) is 14.9 Å². The molecule has 3 rings (SSSR count). The Labute approximate surface area is 125 Å². The third-order valence-corrected chi connectivity index (χ3v) is 6.35. The van der Waals surface area contributed by atoms with Crippen molar-refractivity contribution in [2.45, 2.75) is 31.2 Å². The second-order valence-corrected chi connectivity index (χ2v) is 8.26. The molecule has 3 heterocycles. The largest absolute Gasteiger partial charge is 0.355 e. The molecule has 0 radical (unpaired) electrons. The lowest BCUT2D eigenvalue weighted by atomic mass is 9.78. The lowest BCUT2D eigenvalue weighted by Gasteiger charge is -2.33. The first-order valence-electron chi connectivity index (χ1n) is 7.55. The van der Waals surface area contributed by atoms with E-state index in [9.17, 15) is 8.42 Å². The molecule has 6 nitrogen and oxygen atoms in total. The van der Waals surface area contributed by atoms with Gasteiger partial charge in [-0.25, -0.2) is 18.4 Å². The minimum atomic E-state index is -3.27. The first-order valence-corrected chi connectivity index (χ1v) is 9.20. The van der Waals surface area contributed by atoms with Crippen molar-refractivity contribution >= 4 is 15.7 Å². The quantitative estimate of drug-likeness (QED) is 0.892. The monoisotopic (exact) mass is 310 g/mol. The summed E-state index contributed by atoms with van der Waals surface area (Å²) in [6.07, 6.45) is 6.59. The van der Waals surface area contributed by atoms with Crippen LogP contribution in [0.25, 0.3) is 0 Å². The predicted molar refractivity (Wildman–Crippen MR) is 81.1 cm³/mol. The minimum Gasteiger partial charge on any atom is -0.355 e. The van der Waals surface area contributed by atoms with Gasteiger partial charge in [-0.2, -0.15) is 0 Å². The summed E-state index contributed by atoms with van der Waals surface area (Å²) in [5.41, 5.74) is 0.404. The molecule has 2 saturated heterocycles. The van der Waals surface area contributed by atoms with Gasteiger partial charge >= 0.3 is 0 Å². The maximum atomic E-state index is 11.8. The minimum absolute atomic E-state index is 0.0564. The molecule has 1 spiro atoms. The summed E-state index contributed by atoms with van der Waals surface area (Å²) in [5.74, 6) is 0.848. The number of nitrogens with one attached hydrogen (secondary N) is 1. The number of nitrogens with zero attached hydrogens (tertiary/aromatic N) is 3. The summed E-state index contributed by atoms with van der Waals surface area (Å²) < 4.78 is 23.5. The van der Waals surface area contributed by atoms with E-state index in [1.54, 1.807) is 13.1 Å². The normalized spacial score (nSPS) is 21.9. The molecule has 21 heavy (non-hydrogen) atoms. The van der Waals surface area contributed by atoms with E-state index in [4.69, 9.17) is 0 Å². The van der Waals surface area contributed by atoms with Gasteiger partial charge in [0, 0.05) is 13.1 Å². The maximum absolute atomic E-state index is 11.8. The lowest BCUT2D eigenvalue weighted by Crippen LogP contribution is -2.38. The Morgan fingerprint density at radius 3 is 2.62 bits per heavy atom. The predicted octanol–water partition coefficient (Wildman–Crippen LogP) is 0.850. The van der Waals surface area contributed by atoms with Gasteiger partial charge < -0.3 is 10.2 Å². The van der Waals surface area contributed by atoms with Crippen molar-refractivity contribution in [3.05, 3.63) is 12.4 Å². The van der Waals surface area contributed by atoms with Crippen molar-refractivity contribution in [3.8, 4) is 0 Å². The number of aromatic nitrogens is 2. The van der Waals surface area contributed by atoms with E-state index in [0.717, 1.165) is 32.0 Å². The molecule has 0 bridgehead atoms. The molecule has 7 heteroatoms. The Bertz CT molecular complexity index is 594. The molecule has 2 aliphatic heterocycles. The molecule has 0 aliphatic carbocycles. The molecule has 0 amide bonds. The van der Waals surface area contributed by atoms with E-state index in [1.807, 2.05) is 0 Å². The van der Waals surface area contributed by atoms with Crippen molar-refractivity contribution in [2.24, 2.45) is 5.41 Å². The molecule has 1 aromatic rings. The first kappa shape index (κ1) is 14.7. The average molecular weight is 310 g/mol. The van der Waals surface area contributed by atoms with E-state index in [2.05, 4.69) is 20.2 Å². The van der Waals surface area contributed by atoms with Gasteiger partial charge in [0.1, 0.15) is 5.82 Å². The van der Waals surface area contributed by atoms with Crippen molar-refractivity contribution in [1.82, 2.24) is 15.3 Å². The molecule has 0 aromatic carbocycles. The van der Waals surface area contributed by atoms with Crippen LogP contribution in [0.15, 0.2) is 17.4 Å². The molecule has 0 atom stereocenters. The molecule has 2 aliphatic rings. The van der Waals surface area contributed by atoms with Crippen LogP contribution < -0.4 is 10.2 Å². The van der Waals surface area contributed by atoms with Gasteiger partial charge in [0.2, 0.25) is 0 Å². The van der Waals surface area contributed by atoms with E-state index in [0.29, 0.717) is 5.41 Å². The molecule has 0 unspecified atom stereocenters. The SMILES string of the molecule is CCS(=O)(=O)c1cnc(N2CCC3(CCNCC3)C2)cn1. The number of anilines is 1. The standard InChI is InChI=1S/C14H22N4O2S/c1-2-21(19,20)13-10-16-12(9-17-13)18-8-5-14(11-18)3-6-15-7-4-14/h9-10,15H,2-8,11H2,1H3. The van der Waals surface area contributed by atoms with Crippen LogP contribution in [0.1, 0.15) is 26.2 Å². The Morgan fingerprint density at radius 2 is 2.00 bits per heavy atom. The summed E-state index contributed by atoms with van der Waals surface area (Å²) in [4.78, 5) is 10.7. The van der Waals surface area contributed by atoms with Gasteiger partial charge in [-0.15, -0.1) is 0 Å². The molecule has 116 valence electrons. The van der Waals surface area contributed by atoms with Crippen LogP contribution in [0.3, 0.4) is 0 Å². The molecular formula is C14H22N4O2S. The fraction of sp³-hybridized carbons (Fsp3) is 0.714. The Hall–Kier alpha value is -1.21. The van der Waals surface area contributed by atoms with Gasteiger partial charge in [0.05, 0.1) is 18.1 Å². The molecular weight excluding hydrogens is 288 g/mol. The van der Waals surface area contributed by atoms with Crippen LogP contribution in [0.5, 0.6) is 0 Å². The number of sulfone groups is 1. The zero-order chi connectivity index (χ0) is 14.9. The second-order valence-electron chi connectivity index (χ2n) is 6.04. The van der Waals surface area contributed by atoms with Gasteiger partial charge in [-0.1, -0.05) is 6.92 Å². The van der Waals surface area contributed by atoms with Crippen LogP contribution in [-0.2, 0) is 9.84 Å². The van der Waals surface area contributed by atoms with Gasteiger partial charge in [-0.05, 0) is 37.8 Å². The Balaban J connectivity index is 1.74. The fourth-order valence-electron chi connectivity index (χ4n) is 3.28. The highest BCUT2D eigenvalue weighted by atomic mass is 32.2. The van der Waals surface area contributed by atoms with Crippen molar-refractivity contribution < 1.29 is 8.42 Å². The fourth-order valence-corrected chi connectivity index (χ4v) is 4.00. The number of hydrogen-bond donors (Lipinski definition) is 1. The summed E-state index contributed by atoms with van der Waals surface area (Å²) in [5, 5.41) is 3.48. The molecule has 0 saturated carbocycles. The van der Waals surface area contributed by atoms with E-state index in [-0.39, 0.29) is 10.8 Å². The first-order chi connectivity index (χ1) is 10.0. The Kier molecular flexibility index (Phi) is 3.88. The van der Waals surface area contributed by atoms with Crippen molar-refractivity contribution in [2.75, 3.05) is 36.8 Å². The molecule has 1 aromatic heterocycles. The number of hydrogen-bond acceptors (Lipinski definition) is 6. The summed E-state index contributed by atoms with van der Waals surface area (Å²) >= 11 is 0. The zero-order valence-corrected chi connectivity index (χ0v) is 13.2. The van der Waals surface area contributed by atoms with Crippen LogP contribution in [-0.4, -0.2) is 50.3 Å². The molecule has 2 fully saturated rings. The Morgan fingerprint density at radius 1 is 1.24 bits per heavy atom. The highest BCUT2D eigenvalue weighted by molar-refractivity contribution is 7.91. The number of piperidine rings is 1. The average Bonchev–Trinajstić information content (AvgIpc) is 2.92. The topological polar surface area (TPSA) is 75.2 Å². The third kappa shape index (κ3) is 2.89. The third-order valence-electron chi connectivity index (χ3n) is 4.74. The van der Waals surface area contributed by atoms with E-state index in [1.165, 1.54) is 25.5 Å². The highest BCUT2D eigenvalue weighted by Gasteiger charge is 2.39. The smallest absolute Gasteiger partial charge is 0.196 e. The summed E-state index contributed by atoms with van der Waals surface area (Å²) in [6, 6.07) is 0. The van der Waals surface area contributed by atoms with Crippen LogP contribution in [0.4, 0.5) is 5.82 Å². The lowest BCUT2D eigenvalue weighted by molar-refractivity contribution is 0.232. The summed E-state index contributed by atoms with van der Waals surface area (Å²) in [6.45, 7) is 5.78. The highest BCUT2D eigenvalue weighted by Crippen LogP contribution is 2.39. The van der Waals surface area contributed by atoms with Crippen LogP contribution >= 0.6 is 0 Å². The second kappa shape index (κ2) is 5.53. The van der Waals surface area contributed by atoms with Crippen molar-refractivity contribution in [3.63, 3.8) is 0 Å². The zero-order valence-electron chi connectivity index (χ0n) is 12.4.